The summed E-state index contributed by atoms with van der Waals surface area (Å²) >= 11 is 1.35. The third kappa shape index (κ3) is 4.66. The van der Waals surface area contributed by atoms with Crippen molar-refractivity contribution < 1.29 is 4.79 Å². The summed E-state index contributed by atoms with van der Waals surface area (Å²) in [5.41, 5.74) is 10.4. The third-order valence-corrected chi connectivity index (χ3v) is 6.53. The molecule has 0 saturated carbocycles. The summed E-state index contributed by atoms with van der Waals surface area (Å²) in [7, 11) is 0. The number of aryl methyl sites for hydroxylation is 2. The fourth-order valence-electron chi connectivity index (χ4n) is 3.87. The monoisotopic (exact) mass is 436 g/mol. The molecule has 3 atom stereocenters. The van der Waals surface area contributed by atoms with Crippen LogP contribution in [0.3, 0.4) is 0 Å². The van der Waals surface area contributed by atoms with Gasteiger partial charge in [-0.15, -0.1) is 0 Å². The second-order valence-electron chi connectivity index (χ2n) is 7.91. The Bertz CT molecular complexity index is 1010. The summed E-state index contributed by atoms with van der Waals surface area (Å²) in [5.74, 6) is 0.523. The Hall–Kier alpha value is -2.68. The molecule has 0 spiro atoms. The van der Waals surface area contributed by atoms with Gasteiger partial charge >= 0.3 is 0 Å². The smallest absolute Gasteiger partial charge is 0.234 e. The Labute approximate surface area is 187 Å². The lowest BCUT2D eigenvalue weighted by Crippen LogP contribution is -2.50. The number of carbonyl (C=O) groups is 1. The predicted octanol–water partition coefficient (Wildman–Crippen LogP) is 3.52. The summed E-state index contributed by atoms with van der Waals surface area (Å²) in [6, 6.07) is 16.0. The number of thioether (sulfide) groups is 1. The van der Waals surface area contributed by atoms with Crippen LogP contribution in [-0.2, 0) is 11.2 Å². The van der Waals surface area contributed by atoms with Gasteiger partial charge in [-0.25, -0.2) is 10.4 Å². The van der Waals surface area contributed by atoms with Crippen LogP contribution in [0.1, 0.15) is 25.0 Å². The number of fused-ring (bicyclic) bond motifs is 1. The molecule has 1 amide bonds. The molecule has 1 saturated heterocycles. The molecule has 2 aliphatic rings. The summed E-state index contributed by atoms with van der Waals surface area (Å²) in [4.78, 5) is 19.3. The van der Waals surface area contributed by atoms with Gasteiger partial charge in [0, 0.05) is 17.4 Å². The lowest BCUT2D eigenvalue weighted by molar-refractivity contribution is -0.113. The van der Waals surface area contributed by atoms with Crippen LogP contribution >= 0.6 is 11.8 Å². The minimum atomic E-state index is -0.212. The Morgan fingerprint density at radius 2 is 2.00 bits per heavy atom. The van der Waals surface area contributed by atoms with Crippen LogP contribution in [0.25, 0.3) is 0 Å². The van der Waals surface area contributed by atoms with Crippen LogP contribution in [0.4, 0.5) is 11.4 Å². The molecule has 0 radical (unpaired) electrons. The van der Waals surface area contributed by atoms with E-state index in [1.807, 2.05) is 67.3 Å². The lowest BCUT2D eigenvalue weighted by atomic mass is 9.97. The van der Waals surface area contributed by atoms with Gasteiger partial charge in [0.2, 0.25) is 5.91 Å². The Morgan fingerprint density at radius 3 is 2.71 bits per heavy atom. The lowest BCUT2D eigenvalue weighted by Gasteiger charge is -2.36. The van der Waals surface area contributed by atoms with E-state index < -0.39 is 0 Å². The minimum Gasteiger partial charge on any atom is -0.325 e. The Balaban J connectivity index is 1.51. The number of amides is 1. The molecule has 31 heavy (non-hydrogen) atoms. The second-order valence-corrected chi connectivity index (χ2v) is 8.85. The van der Waals surface area contributed by atoms with Gasteiger partial charge in [0.1, 0.15) is 12.0 Å². The fourth-order valence-corrected chi connectivity index (χ4v) is 4.72. The highest BCUT2D eigenvalue weighted by Gasteiger charge is 2.43. The highest BCUT2D eigenvalue weighted by Crippen LogP contribution is 2.32. The van der Waals surface area contributed by atoms with E-state index in [9.17, 15) is 4.79 Å². The topological polar surface area (TPSA) is 92.6 Å². The standard InChI is InChI=1S/C23H28N6OS/c1-4-16-8-10-17(11-9-16)25-19(30)13-31-23-26-22-20(15(3)27-28-22)21(24)29(23)18-7-5-6-14(2)12-18/h5-12,15,20,22,24,27-28H,4,13H2,1-3H3,(H,25,30). The zero-order valence-electron chi connectivity index (χ0n) is 18.0. The number of carbonyl (C=O) groups excluding carboxylic acids is 1. The van der Waals surface area contributed by atoms with Crippen molar-refractivity contribution >= 4 is 40.0 Å². The van der Waals surface area contributed by atoms with Crippen LogP contribution in [0, 0.1) is 18.3 Å². The maximum absolute atomic E-state index is 12.6. The molecular formula is C23H28N6OS. The van der Waals surface area contributed by atoms with E-state index in [2.05, 4.69) is 23.1 Å². The van der Waals surface area contributed by atoms with E-state index in [4.69, 9.17) is 10.4 Å². The fraction of sp³-hybridized carbons (Fsp3) is 0.348. The van der Waals surface area contributed by atoms with Gasteiger partial charge in [0.15, 0.2) is 5.17 Å². The molecule has 162 valence electrons. The molecule has 2 aliphatic heterocycles. The number of hydrazine groups is 1. The van der Waals surface area contributed by atoms with Gasteiger partial charge in [-0.2, -0.15) is 0 Å². The Morgan fingerprint density at radius 1 is 1.23 bits per heavy atom. The van der Waals surface area contributed by atoms with E-state index in [-0.39, 0.29) is 29.8 Å². The number of anilines is 2. The van der Waals surface area contributed by atoms with Crippen molar-refractivity contribution in [3.8, 4) is 0 Å². The highest BCUT2D eigenvalue weighted by atomic mass is 32.2. The van der Waals surface area contributed by atoms with Crippen molar-refractivity contribution in [1.29, 1.82) is 5.41 Å². The molecule has 2 aromatic carbocycles. The van der Waals surface area contributed by atoms with Crippen molar-refractivity contribution in [3.05, 3.63) is 59.7 Å². The van der Waals surface area contributed by atoms with Crippen molar-refractivity contribution in [3.63, 3.8) is 0 Å². The SMILES string of the molecule is CCc1ccc(NC(=O)CSC2=NC3NNC(C)C3C(=N)N2c2cccc(C)c2)cc1. The molecule has 8 heteroatoms. The molecule has 3 unspecified atom stereocenters. The van der Waals surface area contributed by atoms with E-state index in [1.54, 1.807) is 0 Å². The molecule has 4 rings (SSSR count). The van der Waals surface area contributed by atoms with E-state index in [0.29, 0.717) is 11.0 Å². The van der Waals surface area contributed by atoms with Crippen molar-refractivity contribution in [2.45, 2.75) is 39.4 Å². The predicted molar refractivity (Wildman–Crippen MR) is 129 cm³/mol. The number of nitrogens with zero attached hydrogens (tertiary/aromatic N) is 2. The number of nitrogens with one attached hydrogen (secondary N) is 4. The molecule has 7 nitrogen and oxygen atoms in total. The molecule has 2 aromatic rings. The molecule has 0 aliphatic carbocycles. The van der Waals surface area contributed by atoms with Crippen molar-refractivity contribution in [1.82, 2.24) is 10.9 Å². The molecule has 2 heterocycles. The number of hydrogen-bond donors (Lipinski definition) is 4. The average molecular weight is 437 g/mol. The Kier molecular flexibility index (Phi) is 6.41. The number of benzene rings is 2. The summed E-state index contributed by atoms with van der Waals surface area (Å²) in [6.07, 6.45) is 0.754. The molecule has 4 N–H and O–H groups in total. The zero-order chi connectivity index (χ0) is 22.0. The van der Waals surface area contributed by atoms with Gasteiger partial charge in [-0.1, -0.05) is 43.0 Å². The van der Waals surface area contributed by atoms with Crippen molar-refractivity contribution in [2.24, 2.45) is 10.9 Å². The minimum absolute atomic E-state index is 0.0734. The normalized spacial score (nSPS) is 22.8. The summed E-state index contributed by atoms with van der Waals surface area (Å²) < 4.78 is 0. The molecular weight excluding hydrogens is 408 g/mol. The first kappa shape index (κ1) is 21.5. The molecule has 0 aromatic heterocycles. The number of amidine groups is 2. The van der Waals surface area contributed by atoms with Gasteiger partial charge in [-0.3, -0.25) is 20.5 Å². The number of rotatable bonds is 5. The zero-order valence-corrected chi connectivity index (χ0v) is 18.8. The average Bonchev–Trinajstić information content (AvgIpc) is 3.13. The van der Waals surface area contributed by atoms with Crippen LogP contribution in [0.15, 0.2) is 53.5 Å². The summed E-state index contributed by atoms with van der Waals surface area (Å²) in [5, 5.41) is 12.5. The summed E-state index contributed by atoms with van der Waals surface area (Å²) in [6.45, 7) is 6.18. The second kappa shape index (κ2) is 9.21. The van der Waals surface area contributed by atoms with E-state index >= 15 is 0 Å². The largest absolute Gasteiger partial charge is 0.325 e. The van der Waals surface area contributed by atoms with Crippen LogP contribution in [0.2, 0.25) is 0 Å². The first-order valence-electron chi connectivity index (χ1n) is 10.5. The van der Waals surface area contributed by atoms with Crippen LogP contribution in [-0.4, -0.2) is 34.9 Å². The van der Waals surface area contributed by atoms with Gasteiger partial charge in [-0.05, 0) is 55.7 Å². The van der Waals surface area contributed by atoms with Gasteiger partial charge < -0.3 is 5.32 Å². The third-order valence-electron chi connectivity index (χ3n) is 5.57. The highest BCUT2D eigenvalue weighted by molar-refractivity contribution is 8.14. The van der Waals surface area contributed by atoms with Crippen LogP contribution < -0.4 is 21.1 Å². The quantitative estimate of drug-likeness (QED) is 0.576. The van der Waals surface area contributed by atoms with E-state index in [1.165, 1.54) is 17.3 Å². The first-order valence-corrected chi connectivity index (χ1v) is 11.5. The van der Waals surface area contributed by atoms with E-state index in [0.717, 1.165) is 23.4 Å². The van der Waals surface area contributed by atoms with Crippen LogP contribution in [0.5, 0.6) is 0 Å². The van der Waals surface area contributed by atoms with Crippen molar-refractivity contribution in [2.75, 3.05) is 16.0 Å². The maximum Gasteiger partial charge on any atom is 0.234 e. The van der Waals surface area contributed by atoms with Gasteiger partial charge in [0.05, 0.1) is 11.7 Å². The first-order chi connectivity index (χ1) is 15.0. The number of hydrogen-bond acceptors (Lipinski definition) is 6. The molecule has 1 fully saturated rings. The van der Waals surface area contributed by atoms with Gasteiger partial charge in [0.25, 0.3) is 0 Å². The maximum atomic E-state index is 12.6. The number of aliphatic imine (C=N–C) groups is 1. The molecule has 0 bridgehead atoms.